The van der Waals surface area contributed by atoms with E-state index in [1.54, 1.807) is 0 Å². The van der Waals surface area contributed by atoms with E-state index >= 15 is 0 Å². The molecular weight excluding hydrogens is 719 g/mol. The van der Waals surface area contributed by atoms with Crippen LogP contribution in [-0.2, 0) is 5.41 Å². The van der Waals surface area contributed by atoms with Gasteiger partial charge in [0.2, 0.25) is 0 Å². The molecule has 1 spiro atoms. The van der Waals surface area contributed by atoms with Crippen LogP contribution in [0.15, 0.2) is 200 Å². The summed E-state index contributed by atoms with van der Waals surface area (Å²) in [6.07, 6.45) is 1.85. The van der Waals surface area contributed by atoms with Crippen molar-refractivity contribution in [2.24, 2.45) is 0 Å². The Morgan fingerprint density at radius 3 is 1.53 bits per heavy atom. The van der Waals surface area contributed by atoms with Crippen LogP contribution in [-0.4, -0.2) is 24.9 Å². The van der Waals surface area contributed by atoms with Gasteiger partial charge in [-0.3, -0.25) is 4.98 Å². The van der Waals surface area contributed by atoms with Gasteiger partial charge in [-0.2, -0.15) is 0 Å². The fourth-order valence-electron chi connectivity index (χ4n) is 9.44. The molecule has 2 aliphatic carbocycles. The van der Waals surface area contributed by atoms with Crippen LogP contribution in [0.3, 0.4) is 0 Å². The molecule has 59 heavy (non-hydrogen) atoms. The highest BCUT2D eigenvalue weighted by atomic mass is 15.0. The third kappa shape index (κ3) is 5.08. The van der Waals surface area contributed by atoms with Gasteiger partial charge in [0.25, 0.3) is 0 Å². The van der Waals surface area contributed by atoms with Crippen molar-refractivity contribution >= 4 is 11.0 Å². The molecule has 5 heteroatoms. The average molecular weight is 752 g/mol. The van der Waals surface area contributed by atoms with E-state index in [2.05, 4.69) is 157 Å². The van der Waals surface area contributed by atoms with Crippen molar-refractivity contribution in [1.82, 2.24) is 24.9 Å². The van der Waals surface area contributed by atoms with Crippen LogP contribution < -0.4 is 0 Å². The molecule has 0 amide bonds. The molecule has 0 N–H and O–H groups in total. The predicted octanol–water partition coefficient (Wildman–Crippen LogP) is 12.5. The third-order valence-electron chi connectivity index (χ3n) is 12.0. The van der Waals surface area contributed by atoms with Crippen molar-refractivity contribution in [3.05, 3.63) is 223 Å². The van der Waals surface area contributed by atoms with Crippen LogP contribution in [0.2, 0.25) is 0 Å². The summed E-state index contributed by atoms with van der Waals surface area (Å²) in [5.41, 5.74) is 18.2. The number of para-hydroxylation sites is 2. The number of nitrogens with zero attached hydrogens (tertiary/aromatic N) is 5. The minimum atomic E-state index is -0.457. The van der Waals surface area contributed by atoms with Gasteiger partial charge < -0.3 is 0 Å². The minimum absolute atomic E-state index is 0.457. The van der Waals surface area contributed by atoms with Crippen LogP contribution in [0, 0.1) is 0 Å². The fraction of sp³-hybridized carbons (Fsp3) is 0.0185. The SMILES string of the molecule is c1ccc(-c2nc(-c3ccc(-c4cccc(-c5cnc6ccccc6n5)c4)cc3)nc(-c3cccc4c3-c3ccccc3C43c4ccccc4-c4ccccc43)n2)cc1. The van der Waals surface area contributed by atoms with Crippen molar-refractivity contribution < 1.29 is 0 Å². The molecule has 0 saturated heterocycles. The Hall–Kier alpha value is -7.89. The van der Waals surface area contributed by atoms with Crippen LogP contribution in [0.25, 0.3) is 89.8 Å². The van der Waals surface area contributed by atoms with Crippen molar-refractivity contribution in [3.8, 4) is 78.8 Å². The van der Waals surface area contributed by atoms with Crippen LogP contribution in [0.5, 0.6) is 0 Å². The lowest BCUT2D eigenvalue weighted by atomic mass is 9.70. The molecule has 0 aliphatic heterocycles. The second kappa shape index (κ2) is 13.1. The Morgan fingerprint density at radius 1 is 0.305 bits per heavy atom. The summed E-state index contributed by atoms with van der Waals surface area (Å²) in [6.45, 7) is 0. The lowest BCUT2D eigenvalue weighted by Crippen LogP contribution is -2.25. The topological polar surface area (TPSA) is 64.5 Å². The molecule has 12 rings (SSSR count). The molecular formula is C54H33N5. The maximum Gasteiger partial charge on any atom is 0.164 e. The summed E-state index contributed by atoms with van der Waals surface area (Å²) >= 11 is 0. The molecule has 0 atom stereocenters. The number of fused-ring (bicyclic) bond motifs is 11. The van der Waals surface area contributed by atoms with Crippen LogP contribution in [0.4, 0.5) is 0 Å². The Morgan fingerprint density at radius 2 is 0.797 bits per heavy atom. The quantitative estimate of drug-likeness (QED) is 0.175. The highest BCUT2D eigenvalue weighted by Crippen LogP contribution is 2.63. The van der Waals surface area contributed by atoms with Crippen molar-refractivity contribution in [2.45, 2.75) is 5.41 Å². The van der Waals surface area contributed by atoms with Gasteiger partial charge in [-0.15, -0.1) is 0 Å². The number of rotatable bonds is 5. The standard InChI is InChI=1S/C54H33N5/c1-2-14-35(15-3-1)51-57-52(36-30-28-34(29-31-36)37-16-12-17-38(32-37)49-33-55-47-26-10-11-27-48(47)56-49)59-53(58-51)42-21-13-25-46-50(42)41-20-6-9-24-45(41)54(46)43-22-7-4-18-39(43)40-19-5-8-23-44(40)54/h1-33H. The van der Waals surface area contributed by atoms with E-state index in [4.69, 9.17) is 19.9 Å². The Balaban J connectivity index is 0.997. The van der Waals surface area contributed by atoms with Crippen molar-refractivity contribution in [3.63, 3.8) is 0 Å². The first-order valence-electron chi connectivity index (χ1n) is 19.9. The minimum Gasteiger partial charge on any atom is -0.252 e. The van der Waals surface area contributed by atoms with E-state index in [1.165, 1.54) is 38.9 Å². The van der Waals surface area contributed by atoms with Crippen molar-refractivity contribution in [2.75, 3.05) is 0 Å². The first kappa shape index (κ1) is 33.3. The lowest BCUT2D eigenvalue weighted by Gasteiger charge is -2.30. The molecule has 0 radical (unpaired) electrons. The number of hydrogen-bond donors (Lipinski definition) is 0. The number of hydrogen-bond acceptors (Lipinski definition) is 5. The molecule has 0 saturated carbocycles. The van der Waals surface area contributed by atoms with Gasteiger partial charge >= 0.3 is 0 Å². The Bertz CT molecular complexity index is 3240. The molecule has 2 aromatic heterocycles. The summed E-state index contributed by atoms with van der Waals surface area (Å²) in [4.78, 5) is 25.2. The van der Waals surface area contributed by atoms with Gasteiger partial charge in [0, 0.05) is 22.3 Å². The molecule has 0 fully saturated rings. The van der Waals surface area contributed by atoms with E-state index in [-0.39, 0.29) is 0 Å². The largest absolute Gasteiger partial charge is 0.252 e. The first-order chi connectivity index (χ1) is 29.2. The van der Waals surface area contributed by atoms with Gasteiger partial charge in [0.15, 0.2) is 17.5 Å². The van der Waals surface area contributed by atoms with Crippen LogP contribution in [0.1, 0.15) is 22.3 Å². The molecule has 274 valence electrons. The third-order valence-corrected chi connectivity index (χ3v) is 12.0. The molecule has 8 aromatic carbocycles. The summed E-state index contributed by atoms with van der Waals surface area (Å²) in [5.74, 6) is 1.90. The van der Waals surface area contributed by atoms with E-state index in [9.17, 15) is 0 Å². The maximum atomic E-state index is 5.30. The molecule has 10 aromatic rings. The van der Waals surface area contributed by atoms with E-state index in [0.717, 1.165) is 55.7 Å². The highest BCUT2D eigenvalue weighted by Gasteiger charge is 2.52. The van der Waals surface area contributed by atoms with Gasteiger partial charge in [0.1, 0.15) is 0 Å². The first-order valence-corrected chi connectivity index (χ1v) is 19.9. The maximum absolute atomic E-state index is 5.30. The monoisotopic (exact) mass is 751 g/mol. The van der Waals surface area contributed by atoms with Gasteiger partial charge in [-0.05, 0) is 73.8 Å². The second-order valence-electron chi connectivity index (χ2n) is 15.2. The summed E-state index contributed by atoms with van der Waals surface area (Å²) < 4.78 is 0. The summed E-state index contributed by atoms with van der Waals surface area (Å²) in [7, 11) is 0. The molecule has 5 nitrogen and oxygen atoms in total. The summed E-state index contributed by atoms with van der Waals surface area (Å²) in [6, 6.07) is 68.4. The summed E-state index contributed by atoms with van der Waals surface area (Å²) in [5, 5.41) is 0. The fourth-order valence-corrected chi connectivity index (χ4v) is 9.44. The average Bonchev–Trinajstić information content (AvgIpc) is 3.79. The van der Waals surface area contributed by atoms with Gasteiger partial charge in [0.05, 0.1) is 28.3 Å². The van der Waals surface area contributed by atoms with Gasteiger partial charge in [-0.25, -0.2) is 19.9 Å². The molecule has 2 heterocycles. The highest BCUT2D eigenvalue weighted by molar-refractivity contribution is 5.99. The molecule has 2 aliphatic rings. The smallest absolute Gasteiger partial charge is 0.164 e. The zero-order valence-corrected chi connectivity index (χ0v) is 31.8. The zero-order chi connectivity index (χ0) is 38.9. The normalized spacial score (nSPS) is 12.9. The van der Waals surface area contributed by atoms with E-state index < -0.39 is 5.41 Å². The molecule has 0 unspecified atom stereocenters. The lowest BCUT2D eigenvalue weighted by molar-refractivity contribution is 0.794. The zero-order valence-electron chi connectivity index (χ0n) is 31.8. The van der Waals surface area contributed by atoms with Crippen LogP contribution >= 0.6 is 0 Å². The molecule has 0 bridgehead atoms. The second-order valence-corrected chi connectivity index (χ2v) is 15.2. The number of benzene rings is 8. The van der Waals surface area contributed by atoms with E-state index in [1.807, 2.05) is 48.7 Å². The number of aromatic nitrogens is 5. The van der Waals surface area contributed by atoms with Crippen molar-refractivity contribution in [1.29, 1.82) is 0 Å². The Labute approximate surface area is 341 Å². The Kier molecular flexibility index (Phi) is 7.38. The van der Waals surface area contributed by atoms with Gasteiger partial charge in [-0.1, -0.05) is 176 Å². The predicted molar refractivity (Wildman–Crippen MR) is 236 cm³/mol. The van der Waals surface area contributed by atoms with E-state index in [0.29, 0.717) is 17.5 Å².